The summed E-state index contributed by atoms with van der Waals surface area (Å²) >= 11 is 3.28. The Labute approximate surface area is 154 Å². The molecule has 1 heterocycles. The molecule has 0 saturated heterocycles. The van der Waals surface area contributed by atoms with Crippen LogP contribution in [0.3, 0.4) is 0 Å². The summed E-state index contributed by atoms with van der Waals surface area (Å²) in [5.41, 5.74) is 1.16. The number of benzene rings is 1. The van der Waals surface area contributed by atoms with E-state index in [4.69, 9.17) is 14.2 Å². The van der Waals surface area contributed by atoms with Crippen LogP contribution in [-0.4, -0.2) is 30.5 Å². The van der Waals surface area contributed by atoms with Gasteiger partial charge in [-0.25, -0.2) is 5.10 Å². The third kappa shape index (κ3) is 4.88. The molecule has 0 spiro atoms. The van der Waals surface area contributed by atoms with E-state index in [1.807, 2.05) is 32.0 Å². The highest BCUT2D eigenvalue weighted by molar-refractivity contribution is 9.10. The predicted octanol–water partition coefficient (Wildman–Crippen LogP) is 3.34. The van der Waals surface area contributed by atoms with Gasteiger partial charge in [0.15, 0.2) is 11.5 Å². The third-order valence-electron chi connectivity index (χ3n) is 3.33. The molecule has 0 fully saturated rings. The molecule has 1 aromatic heterocycles. The van der Waals surface area contributed by atoms with Crippen molar-refractivity contribution < 1.29 is 14.2 Å². The zero-order chi connectivity index (χ0) is 18.2. The Hall–Kier alpha value is -2.22. The summed E-state index contributed by atoms with van der Waals surface area (Å²) in [6, 6.07) is 5.70. The summed E-state index contributed by atoms with van der Waals surface area (Å²) in [6.45, 7) is 5.43. The van der Waals surface area contributed by atoms with Gasteiger partial charge in [-0.15, -0.1) is 5.10 Å². The smallest absolute Gasteiger partial charge is 0.280 e. The monoisotopic (exact) mass is 411 g/mol. The fourth-order valence-corrected chi connectivity index (χ4v) is 2.55. The predicted molar refractivity (Wildman–Crippen MR) is 99.8 cm³/mol. The van der Waals surface area contributed by atoms with E-state index in [9.17, 15) is 4.79 Å². The zero-order valence-electron chi connectivity index (χ0n) is 14.5. The fraction of sp³-hybridized carbons (Fsp3) is 0.412. The first-order valence-corrected chi connectivity index (χ1v) is 8.84. The molecule has 0 aliphatic heterocycles. The number of aromatic nitrogens is 2. The number of hydrogen-bond acceptors (Lipinski definition) is 6. The van der Waals surface area contributed by atoms with Crippen LogP contribution in [0.25, 0.3) is 0 Å². The topological polar surface area (TPSA) is 85.5 Å². The number of anilines is 1. The lowest BCUT2D eigenvalue weighted by Gasteiger charge is -2.14. The van der Waals surface area contributed by atoms with Crippen LogP contribution in [0, 0.1) is 0 Å². The summed E-state index contributed by atoms with van der Waals surface area (Å²) in [4.78, 5) is 11.8. The number of rotatable bonds is 9. The number of nitrogens with one attached hydrogen (secondary N) is 2. The second-order valence-electron chi connectivity index (χ2n) is 5.17. The Morgan fingerprint density at radius 2 is 2.04 bits per heavy atom. The normalized spacial score (nSPS) is 10.4. The van der Waals surface area contributed by atoms with Crippen LogP contribution < -0.4 is 25.1 Å². The molecule has 136 valence electrons. The van der Waals surface area contributed by atoms with Crippen LogP contribution in [0.2, 0.25) is 0 Å². The van der Waals surface area contributed by atoms with E-state index in [0.29, 0.717) is 47.3 Å². The van der Waals surface area contributed by atoms with Crippen molar-refractivity contribution >= 4 is 21.6 Å². The maximum absolute atomic E-state index is 11.8. The Morgan fingerprint density at radius 1 is 1.24 bits per heavy atom. The molecule has 2 rings (SSSR count). The van der Waals surface area contributed by atoms with Gasteiger partial charge >= 0.3 is 0 Å². The van der Waals surface area contributed by atoms with E-state index in [-0.39, 0.29) is 5.56 Å². The number of methoxy groups -OCH3 is 1. The van der Waals surface area contributed by atoms with Crippen molar-refractivity contribution in [3.05, 3.63) is 38.6 Å². The minimum atomic E-state index is -0.326. The Balaban J connectivity index is 2.21. The standard InChI is InChI=1S/C17H22BrN3O4/c1-4-8-25-13-9-11(6-7-12(13)23-3)10-19-15-14(18)16(22)20-21-17(15)24-5-2/h6-7,9H,4-5,8,10H2,1-3H3,(H2,19,20,22). The van der Waals surface area contributed by atoms with Gasteiger partial charge in [0, 0.05) is 6.54 Å². The first-order chi connectivity index (χ1) is 12.1. The molecular weight excluding hydrogens is 390 g/mol. The van der Waals surface area contributed by atoms with Gasteiger partial charge in [0.1, 0.15) is 10.2 Å². The Kier molecular flexibility index (Phi) is 7.12. The molecule has 1 aromatic carbocycles. The fourth-order valence-electron chi connectivity index (χ4n) is 2.15. The molecule has 0 aliphatic rings. The van der Waals surface area contributed by atoms with Crippen LogP contribution in [0.15, 0.2) is 27.5 Å². The van der Waals surface area contributed by atoms with Gasteiger partial charge in [-0.2, -0.15) is 0 Å². The second kappa shape index (κ2) is 9.31. The van der Waals surface area contributed by atoms with E-state index < -0.39 is 0 Å². The van der Waals surface area contributed by atoms with E-state index in [0.717, 1.165) is 12.0 Å². The molecule has 7 nitrogen and oxygen atoms in total. The largest absolute Gasteiger partial charge is 0.493 e. The maximum atomic E-state index is 11.8. The number of ether oxygens (including phenoxy) is 3. The number of aromatic amines is 1. The van der Waals surface area contributed by atoms with Crippen LogP contribution in [0.1, 0.15) is 25.8 Å². The summed E-state index contributed by atoms with van der Waals surface area (Å²) < 4.78 is 16.8. The number of nitrogens with zero attached hydrogens (tertiary/aromatic N) is 1. The molecular formula is C17H22BrN3O4. The van der Waals surface area contributed by atoms with Gasteiger partial charge in [-0.05, 0) is 47.0 Å². The highest BCUT2D eigenvalue weighted by Gasteiger charge is 2.14. The van der Waals surface area contributed by atoms with Gasteiger partial charge in [0.25, 0.3) is 11.4 Å². The van der Waals surface area contributed by atoms with Crippen LogP contribution in [0.4, 0.5) is 5.69 Å². The minimum absolute atomic E-state index is 0.326. The van der Waals surface area contributed by atoms with Crippen molar-refractivity contribution in [1.29, 1.82) is 0 Å². The zero-order valence-corrected chi connectivity index (χ0v) is 16.1. The first kappa shape index (κ1) is 19.1. The lowest BCUT2D eigenvalue weighted by molar-refractivity contribution is 0.294. The molecule has 0 aliphatic carbocycles. The second-order valence-corrected chi connectivity index (χ2v) is 5.96. The van der Waals surface area contributed by atoms with Gasteiger partial charge in [-0.3, -0.25) is 4.79 Å². The molecule has 0 saturated carbocycles. The lowest BCUT2D eigenvalue weighted by atomic mass is 10.2. The summed E-state index contributed by atoms with van der Waals surface area (Å²) in [7, 11) is 1.61. The van der Waals surface area contributed by atoms with Crippen molar-refractivity contribution in [2.24, 2.45) is 0 Å². The molecule has 2 N–H and O–H groups in total. The van der Waals surface area contributed by atoms with Crippen molar-refractivity contribution in [3.63, 3.8) is 0 Å². The average Bonchev–Trinajstić information content (AvgIpc) is 2.63. The summed E-state index contributed by atoms with van der Waals surface area (Å²) in [6.07, 6.45) is 0.911. The SMILES string of the molecule is CCCOc1cc(CNc2c(OCC)n[nH]c(=O)c2Br)ccc1OC. The highest BCUT2D eigenvalue weighted by atomic mass is 79.9. The number of halogens is 1. The van der Waals surface area contributed by atoms with E-state index in [2.05, 4.69) is 31.4 Å². The summed E-state index contributed by atoms with van der Waals surface area (Å²) in [5.74, 6) is 1.72. The van der Waals surface area contributed by atoms with Crippen LogP contribution in [0.5, 0.6) is 17.4 Å². The maximum Gasteiger partial charge on any atom is 0.280 e. The number of hydrogen-bond donors (Lipinski definition) is 2. The third-order valence-corrected chi connectivity index (χ3v) is 4.09. The first-order valence-electron chi connectivity index (χ1n) is 8.05. The highest BCUT2D eigenvalue weighted by Crippen LogP contribution is 2.30. The van der Waals surface area contributed by atoms with Crippen LogP contribution in [-0.2, 0) is 6.54 Å². The van der Waals surface area contributed by atoms with Crippen molar-refractivity contribution in [2.75, 3.05) is 25.6 Å². The molecule has 0 amide bonds. The van der Waals surface area contributed by atoms with Gasteiger partial charge in [0.05, 0.1) is 20.3 Å². The van der Waals surface area contributed by atoms with E-state index in [1.165, 1.54) is 0 Å². The molecule has 0 atom stereocenters. The van der Waals surface area contributed by atoms with E-state index in [1.54, 1.807) is 7.11 Å². The Bertz CT molecular complexity index is 764. The van der Waals surface area contributed by atoms with Crippen molar-refractivity contribution in [3.8, 4) is 17.4 Å². The molecule has 0 bridgehead atoms. The molecule has 0 radical (unpaired) electrons. The van der Waals surface area contributed by atoms with Crippen molar-refractivity contribution in [2.45, 2.75) is 26.8 Å². The van der Waals surface area contributed by atoms with Crippen LogP contribution >= 0.6 is 15.9 Å². The minimum Gasteiger partial charge on any atom is -0.493 e. The molecule has 8 heteroatoms. The number of H-pyrrole nitrogens is 1. The van der Waals surface area contributed by atoms with Crippen molar-refractivity contribution in [1.82, 2.24) is 10.2 Å². The van der Waals surface area contributed by atoms with E-state index >= 15 is 0 Å². The molecule has 2 aromatic rings. The molecule has 25 heavy (non-hydrogen) atoms. The average molecular weight is 412 g/mol. The quantitative estimate of drug-likeness (QED) is 0.657. The van der Waals surface area contributed by atoms with Gasteiger partial charge < -0.3 is 19.5 Å². The Morgan fingerprint density at radius 3 is 2.72 bits per heavy atom. The summed E-state index contributed by atoms with van der Waals surface area (Å²) in [5, 5.41) is 9.51. The van der Waals surface area contributed by atoms with Gasteiger partial charge in [-0.1, -0.05) is 13.0 Å². The molecule has 0 unspecified atom stereocenters. The van der Waals surface area contributed by atoms with Gasteiger partial charge in [0.2, 0.25) is 0 Å². The lowest BCUT2D eigenvalue weighted by Crippen LogP contribution is -2.15.